The number of aliphatic imine (C=N–C) groups is 4. The Morgan fingerprint density at radius 1 is 0.568 bits per heavy atom. The van der Waals surface area contributed by atoms with E-state index < -0.39 is 5.41 Å². The summed E-state index contributed by atoms with van der Waals surface area (Å²) >= 11 is 0. The molecule has 0 aromatic rings. The molecule has 0 amide bonds. The van der Waals surface area contributed by atoms with Gasteiger partial charge >= 0.3 is 39.0 Å². The Morgan fingerprint density at radius 2 is 0.865 bits per heavy atom. The Labute approximate surface area is 256 Å². The van der Waals surface area contributed by atoms with Gasteiger partial charge in [0.15, 0.2) is 0 Å². The molecule has 1 saturated heterocycles. The van der Waals surface area contributed by atoms with Crippen molar-refractivity contribution >= 4 is 23.3 Å². The summed E-state index contributed by atoms with van der Waals surface area (Å²) in [5, 5.41) is 10.2. The molecule has 1 heterocycles. The van der Waals surface area contributed by atoms with E-state index >= 15 is 0 Å². The molecule has 206 valence electrons. The first-order valence-corrected chi connectivity index (χ1v) is 12.7. The molecule has 0 aromatic carbocycles. The van der Waals surface area contributed by atoms with Gasteiger partial charge in [-0.05, 0) is 65.7 Å². The summed E-state index contributed by atoms with van der Waals surface area (Å²) < 4.78 is 0. The number of likely N-dealkylation sites (tertiary alicyclic amines) is 1. The Hall–Kier alpha value is -0.673. The van der Waals surface area contributed by atoms with E-state index in [9.17, 15) is 0 Å². The molecule has 0 radical (unpaired) electrons. The minimum Gasteiger partial charge on any atom is -0.465 e. The van der Waals surface area contributed by atoms with Crippen molar-refractivity contribution in [2.45, 2.75) is 139 Å². The molecule has 1 rings (SSSR count). The molecule has 0 unspecified atom stereocenters. The van der Waals surface area contributed by atoms with Gasteiger partial charge in [0.05, 0.1) is 0 Å². The van der Waals surface area contributed by atoms with Crippen LogP contribution in [0.15, 0.2) is 20.0 Å². The normalized spacial score (nSPS) is 20.4. The molecule has 0 bridgehead atoms. The number of hydrogen-bond acceptors (Lipinski definition) is 4. The second-order valence-electron chi connectivity index (χ2n) is 10.8. The zero-order valence-corrected chi connectivity index (χ0v) is 33.0. The Balaban J connectivity index is -0.00000136. The van der Waals surface area contributed by atoms with Gasteiger partial charge in [0.1, 0.15) is 17.1 Å². The molecule has 1 aliphatic heterocycles. The first-order valence-electron chi connectivity index (χ1n) is 12.7. The monoisotopic (exact) mass is 617 g/mol. The second-order valence-corrected chi connectivity index (χ2v) is 10.8. The van der Waals surface area contributed by atoms with Crippen LogP contribution in [0.4, 0.5) is 0 Å². The summed E-state index contributed by atoms with van der Waals surface area (Å²) in [6.45, 7) is 29.4. The molecular formula is C28H55N7Zn2. The predicted octanol–water partition coefficient (Wildman–Crippen LogP) is 7.38. The molecule has 0 saturated carbocycles. The molecule has 1 aliphatic rings. The van der Waals surface area contributed by atoms with Gasteiger partial charge in [-0.3, -0.25) is 9.98 Å². The molecule has 7 nitrogen and oxygen atoms in total. The van der Waals surface area contributed by atoms with E-state index in [0.717, 1.165) is 11.7 Å². The molecule has 9 heteroatoms. The van der Waals surface area contributed by atoms with Gasteiger partial charge in [-0.25, -0.2) is 0 Å². The zero-order chi connectivity index (χ0) is 25.7. The fraction of sp³-hybridized carbons (Fsp3) is 0.786. The van der Waals surface area contributed by atoms with Gasteiger partial charge in [-0.2, -0.15) is 0 Å². The van der Waals surface area contributed by atoms with Crippen LogP contribution in [-0.2, 0) is 39.0 Å². The summed E-state index contributed by atoms with van der Waals surface area (Å²) in [7, 11) is 0. The number of rotatable bonds is 9. The van der Waals surface area contributed by atoms with Crippen LogP contribution in [0.3, 0.4) is 0 Å². The van der Waals surface area contributed by atoms with Crippen LogP contribution >= 0.6 is 0 Å². The van der Waals surface area contributed by atoms with Gasteiger partial charge in [0.25, 0.3) is 0 Å². The minimum atomic E-state index is -0.873. The van der Waals surface area contributed by atoms with Crippen molar-refractivity contribution in [3.05, 3.63) is 25.5 Å². The molecule has 0 spiro atoms. The van der Waals surface area contributed by atoms with Crippen molar-refractivity contribution in [1.82, 2.24) is 4.90 Å². The summed E-state index contributed by atoms with van der Waals surface area (Å²) in [6.07, 6.45) is 0. The van der Waals surface area contributed by atoms with Gasteiger partial charge in [0, 0.05) is 18.1 Å². The van der Waals surface area contributed by atoms with Gasteiger partial charge in [-0.15, -0.1) is 0 Å². The van der Waals surface area contributed by atoms with Gasteiger partial charge in [-0.1, -0.05) is 67.1 Å². The van der Waals surface area contributed by atoms with Crippen molar-refractivity contribution in [2.24, 2.45) is 25.4 Å². The fourth-order valence-corrected chi connectivity index (χ4v) is 3.74. The first kappa shape index (κ1) is 43.4. The van der Waals surface area contributed by atoms with E-state index in [1.807, 2.05) is 0 Å². The Bertz CT molecular complexity index is 665. The maximum atomic E-state index is 5.15. The SMILES string of the molecule is CC(C)N=C([N-]C(C)C)C1(C(=NC(C)C)[N-]C(C)C)C(=NC(C)C)N(C(C)C)C1=NC(C)C.[CH3-].[CH3-].[Zn+2].[Zn+2]. The molecule has 37 heavy (non-hydrogen) atoms. The van der Waals surface area contributed by atoms with E-state index in [0.29, 0.717) is 11.7 Å². The van der Waals surface area contributed by atoms with Gasteiger partial charge < -0.3 is 40.4 Å². The zero-order valence-electron chi connectivity index (χ0n) is 27.1. The van der Waals surface area contributed by atoms with Crippen LogP contribution in [0.5, 0.6) is 0 Å². The number of amidine groups is 4. The van der Waals surface area contributed by atoms with E-state index in [1.165, 1.54) is 0 Å². The quantitative estimate of drug-likeness (QED) is 0.115. The van der Waals surface area contributed by atoms with Crippen LogP contribution in [0.25, 0.3) is 10.6 Å². The van der Waals surface area contributed by atoms with Crippen molar-refractivity contribution in [2.75, 3.05) is 0 Å². The van der Waals surface area contributed by atoms with Gasteiger partial charge in [0.2, 0.25) is 0 Å². The molecular weight excluding hydrogens is 565 g/mol. The average molecular weight is 621 g/mol. The molecule has 0 atom stereocenters. The number of hydrogen-bond donors (Lipinski definition) is 0. The maximum Gasteiger partial charge on any atom is 2.00 e. The summed E-state index contributed by atoms with van der Waals surface area (Å²) in [4.78, 5) is 22.7. The third-order valence-electron chi connectivity index (χ3n) is 4.60. The molecule has 0 N–H and O–H groups in total. The van der Waals surface area contributed by atoms with Crippen molar-refractivity contribution < 1.29 is 39.0 Å². The van der Waals surface area contributed by atoms with Crippen molar-refractivity contribution in [3.8, 4) is 0 Å². The Morgan fingerprint density at radius 3 is 1.05 bits per heavy atom. The molecule has 0 aromatic heterocycles. The third-order valence-corrected chi connectivity index (χ3v) is 4.60. The smallest absolute Gasteiger partial charge is 0.465 e. The maximum absolute atomic E-state index is 5.15. The molecule has 0 aliphatic carbocycles. The van der Waals surface area contributed by atoms with Crippen LogP contribution in [0, 0.1) is 20.3 Å². The summed E-state index contributed by atoms with van der Waals surface area (Å²) in [5.41, 5.74) is -0.873. The van der Waals surface area contributed by atoms with E-state index in [-0.39, 0.29) is 96.1 Å². The van der Waals surface area contributed by atoms with Crippen LogP contribution in [0.1, 0.15) is 96.9 Å². The standard InChI is InChI=1S/C26H49N7.2CH3.2Zn/c1-15(2)27-22(28-16(3)4)26(23(29-17(5)6)30-18(7)8)24(31-19(9)10)33(21(13)14)25(26)32-20(11)12;;;;/h15-21H,1-14H3;2*1H3;;/q-2;2*-1;2*+2. The van der Waals surface area contributed by atoms with E-state index in [2.05, 4.69) is 102 Å². The van der Waals surface area contributed by atoms with Crippen LogP contribution < -0.4 is 0 Å². The predicted molar refractivity (Wildman–Crippen MR) is 160 cm³/mol. The van der Waals surface area contributed by atoms with Crippen LogP contribution in [-0.4, -0.2) is 70.5 Å². The second kappa shape index (κ2) is 18.6. The van der Waals surface area contributed by atoms with Crippen molar-refractivity contribution in [3.63, 3.8) is 0 Å². The van der Waals surface area contributed by atoms with E-state index in [4.69, 9.17) is 30.6 Å². The summed E-state index contributed by atoms with van der Waals surface area (Å²) in [6, 6.07) is 0.631. The largest absolute Gasteiger partial charge is 2.00 e. The number of nitrogens with zero attached hydrogens (tertiary/aromatic N) is 7. The topological polar surface area (TPSA) is 80.9 Å². The first-order chi connectivity index (χ1) is 15.1. The molecule has 1 fully saturated rings. The van der Waals surface area contributed by atoms with Crippen LogP contribution in [0.2, 0.25) is 0 Å². The van der Waals surface area contributed by atoms with Crippen molar-refractivity contribution in [1.29, 1.82) is 0 Å². The Kier molecular flexibility index (Phi) is 21.8. The summed E-state index contributed by atoms with van der Waals surface area (Å²) in [5.74, 6) is 3.23. The average Bonchev–Trinajstić information content (AvgIpc) is 2.57. The fourth-order valence-electron chi connectivity index (χ4n) is 3.74. The third kappa shape index (κ3) is 11.1. The minimum absolute atomic E-state index is 0. The van der Waals surface area contributed by atoms with E-state index in [1.54, 1.807) is 0 Å².